The monoisotopic (exact) mass is 399 g/mol. The van der Waals surface area contributed by atoms with Crippen LogP contribution >= 0.6 is 0 Å². The second kappa shape index (κ2) is 8.06. The highest BCUT2D eigenvalue weighted by Crippen LogP contribution is 2.37. The fourth-order valence-electron chi connectivity index (χ4n) is 3.98. The molecule has 2 heterocycles. The SMILES string of the molecule is Nc1c(F)c(NCCNc2ccccn2)c(F)c2c1c(=O)ccn2C1CCCC1. The molecule has 4 N–H and O–H groups in total. The van der Waals surface area contributed by atoms with Crippen LogP contribution in [0.2, 0.25) is 0 Å². The van der Waals surface area contributed by atoms with Gasteiger partial charge in [-0.25, -0.2) is 13.8 Å². The molecule has 0 amide bonds. The zero-order chi connectivity index (χ0) is 20.4. The van der Waals surface area contributed by atoms with Crippen molar-refractivity contribution in [3.8, 4) is 0 Å². The molecule has 1 aromatic carbocycles. The first-order valence-electron chi connectivity index (χ1n) is 9.78. The summed E-state index contributed by atoms with van der Waals surface area (Å²) in [6.07, 6.45) is 7.12. The van der Waals surface area contributed by atoms with Gasteiger partial charge in [0.05, 0.1) is 16.6 Å². The summed E-state index contributed by atoms with van der Waals surface area (Å²) >= 11 is 0. The van der Waals surface area contributed by atoms with Crippen LogP contribution in [-0.4, -0.2) is 22.6 Å². The van der Waals surface area contributed by atoms with Crippen molar-refractivity contribution in [3.63, 3.8) is 0 Å². The smallest absolute Gasteiger partial charge is 0.191 e. The van der Waals surface area contributed by atoms with Gasteiger partial charge in [0, 0.05) is 37.6 Å². The van der Waals surface area contributed by atoms with E-state index in [1.807, 2.05) is 6.07 Å². The first-order valence-corrected chi connectivity index (χ1v) is 9.78. The van der Waals surface area contributed by atoms with Gasteiger partial charge in [0.1, 0.15) is 11.5 Å². The second-order valence-electron chi connectivity index (χ2n) is 7.23. The Balaban J connectivity index is 1.67. The summed E-state index contributed by atoms with van der Waals surface area (Å²) in [5.74, 6) is -1.05. The lowest BCUT2D eigenvalue weighted by Gasteiger charge is -2.21. The molecular weight excluding hydrogens is 376 g/mol. The largest absolute Gasteiger partial charge is 0.396 e. The van der Waals surface area contributed by atoms with Crippen molar-refractivity contribution in [2.24, 2.45) is 0 Å². The zero-order valence-electron chi connectivity index (χ0n) is 15.9. The maximum Gasteiger partial charge on any atom is 0.191 e. The van der Waals surface area contributed by atoms with Gasteiger partial charge in [-0.15, -0.1) is 0 Å². The van der Waals surface area contributed by atoms with Gasteiger partial charge < -0.3 is 20.9 Å². The maximum atomic E-state index is 15.4. The van der Waals surface area contributed by atoms with Crippen LogP contribution in [0, 0.1) is 11.6 Å². The van der Waals surface area contributed by atoms with Gasteiger partial charge in [-0.2, -0.15) is 0 Å². The van der Waals surface area contributed by atoms with E-state index in [1.165, 1.54) is 6.07 Å². The number of rotatable bonds is 6. The molecule has 0 aliphatic heterocycles. The van der Waals surface area contributed by atoms with E-state index in [1.54, 1.807) is 29.1 Å². The van der Waals surface area contributed by atoms with Crippen molar-refractivity contribution < 1.29 is 8.78 Å². The standard InChI is InChI=1S/C21H23F2N5O/c22-17-19(24)16-14(29)8-12-28(13-5-1-2-6-13)21(16)18(23)20(17)27-11-10-26-15-7-3-4-9-25-15/h3-4,7-9,12-13,27H,1-2,5-6,10-11,24H2,(H,25,26). The van der Waals surface area contributed by atoms with E-state index >= 15 is 4.39 Å². The number of pyridine rings is 2. The molecule has 1 aliphatic rings. The molecule has 0 saturated heterocycles. The van der Waals surface area contributed by atoms with Gasteiger partial charge >= 0.3 is 0 Å². The van der Waals surface area contributed by atoms with Crippen LogP contribution in [0.5, 0.6) is 0 Å². The molecule has 1 saturated carbocycles. The quantitative estimate of drug-likeness (QED) is 0.432. The van der Waals surface area contributed by atoms with E-state index in [0.717, 1.165) is 25.7 Å². The summed E-state index contributed by atoms with van der Waals surface area (Å²) in [6.45, 7) is 0.647. The Labute approximate surface area is 166 Å². The van der Waals surface area contributed by atoms with Crippen molar-refractivity contribution in [2.45, 2.75) is 31.7 Å². The van der Waals surface area contributed by atoms with Crippen LogP contribution in [0.4, 0.5) is 26.0 Å². The molecule has 152 valence electrons. The lowest BCUT2D eigenvalue weighted by atomic mass is 10.1. The minimum atomic E-state index is -0.936. The Kier molecular flexibility index (Phi) is 5.33. The molecule has 8 heteroatoms. The van der Waals surface area contributed by atoms with Gasteiger partial charge in [-0.3, -0.25) is 4.79 Å². The normalized spacial score (nSPS) is 14.4. The molecule has 4 rings (SSSR count). The molecule has 0 radical (unpaired) electrons. The average molecular weight is 399 g/mol. The molecular formula is C21H23F2N5O. The molecule has 29 heavy (non-hydrogen) atoms. The fourth-order valence-corrected chi connectivity index (χ4v) is 3.98. The number of anilines is 3. The fraction of sp³-hybridized carbons (Fsp3) is 0.333. The van der Waals surface area contributed by atoms with Crippen molar-refractivity contribution >= 4 is 28.1 Å². The highest BCUT2D eigenvalue weighted by atomic mass is 19.1. The molecule has 3 aromatic rings. The van der Waals surface area contributed by atoms with Gasteiger partial charge in [0.2, 0.25) is 0 Å². The third kappa shape index (κ3) is 3.62. The predicted octanol–water partition coefficient (Wildman–Crippen LogP) is 3.90. The predicted molar refractivity (Wildman–Crippen MR) is 111 cm³/mol. The van der Waals surface area contributed by atoms with Crippen LogP contribution < -0.4 is 21.8 Å². The van der Waals surface area contributed by atoms with Crippen molar-refractivity contribution in [1.29, 1.82) is 0 Å². The van der Waals surface area contributed by atoms with Gasteiger partial charge in [-0.05, 0) is 25.0 Å². The number of nitrogens with two attached hydrogens (primary N) is 1. The molecule has 1 aliphatic carbocycles. The highest BCUT2D eigenvalue weighted by molar-refractivity contribution is 5.94. The Hall–Kier alpha value is -3.16. The molecule has 0 atom stereocenters. The van der Waals surface area contributed by atoms with Crippen LogP contribution in [0.1, 0.15) is 31.7 Å². The Morgan fingerprint density at radius 3 is 2.59 bits per heavy atom. The van der Waals surface area contributed by atoms with E-state index in [4.69, 9.17) is 5.73 Å². The summed E-state index contributed by atoms with van der Waals surface area (Å²) in [7, 11) is 0. The van der Waals surface area contributed by atoms with E-state index in [9.17, 15) is 9.18 Å². The number of nitrogens with zero attached hydrogens (tertiary/aromatic N) is 2. The van der Waals surface area contributed by atoms with Gasteiger partial charge in [0.15, 0.2) is 17.1 Å². The number of benzene rings is 1. The summed E-state index contributed by atoms with van der Waals surface area (Å²) in [5, 5.41) is 5.76. The number of hydrogen-bond acceptors (Lipinski definition) is 5. The van der Waals surface area contributed by atoms with Crippen LogP contribution in [0.3, 0.4) is 0 Å². The minimum absolute atomic E-state index is 0.0727. The van der Waals surface area contributed by atoms with Crippen LogP contribution in [0.25, 0.3) is 10.9 Å². The Morgan fingerprint density at radius 2 is 1.86 bits per heavy atom. The summed E-state index contributed by atoms with van der Waals surface area (Å²) in [5.41, 5.74) is 4.89. The molecule has 0 bridgehead atoms. The van der Waals surface area contributed by atoms with E-state index in [-0.39, 0.29) is 34.9 Å². The summed E-state index contributed by atoms with van der Waals surface area (Å²) < 4.78 is 32.0. The van der Waals surface area contributed by atoms with Gasteiger partial charge in [-0.1, -0.05) is 18.9 Å². The third-order valence-electron chi connectivity index (χ3n) is 5.40. The van der Waals surface area contributed by atoms with Crippen LogP contribution in [0.15, 0.2) is 41.5 Å². The summed E-state index contributed by atoms with van der Waals surface area (Å²) in [6, 6.07) is 6.86. The van der Waals surface area contributed by atoms with Crippen molar-refractivity contribution in [1.82, 2.24) is 9.55 Å². The van der Waals surface area contributed by atoms with Crippen molar-refractivity contribution in [2.75, 3.05) is 29.5 Å². The molecule has 1 fully saturated rings. The highest BCUT2D eigenvalue weighted by Gasteiger charge is 2.25. The minimum Gasteiger partial charge on any atom is -0.396 e. The molecule has 0 spiro atoms. The number of fused-ring (bicyclic) bond motifs is 1. The lowest BCUT2D eigenvalue weighted by molar-refractivity contribution is 0.518. The summed E-state index contributed by atoms with van der Waals surface area (Å²) in [4.78, 5) is 16.5. The number of aromatic nitrogens is 2. The first kappa shape index (κ1) is 19.2. The van der Waals surface area contributed by atoms with Gasteiger partial charge in [0.25, 0.3) is 0 Å². The van der Waals surface area contributed by atoms with E-state index < -0.39 is 17.1 Å². The Bertz CT molecular complexity index is 1080. The molecule has 0 unspecified atom stereocenters. The van der Waals surface area contributed by atoms with E-state index in [0.29, 0.717) is 12.4 Å². The van der Waals surface area contributed by atoms with E-state index in [2.05, 4.69) is 15.6 Å². The second-order valence-corrected chi connectivity index (χ2v) is 7.23. The topological polar surface area (TPSA) is 85.0 Å². The average Bonchev–Trinajstić information content (AvgIpc) is 3.27. The Morgan fingerprint density at radius 1 is 1.10 bits per heavy atom. The number of nitrogen functional groups attached to an aromatic ring is 1. The first-order chi connectivity index (χ1) is 14.1. The number of nitrogens with one attached hydrogen (secondary N) is 2. The maximum absolute atomic E-state index is 15.4. The zero-order valence-corrected chi connectivity index (χ0v) is 15.9. The number of hydrogen-bond donors (Lipinski definition) is 3. The lowest BCUT2D eigenvalue weighted by Crippen LogP contribution is -2.19. The third-order valence-corrected chi connectivity index (χ3v) is 5.40. The number of halogens is 2. The molecule has 6 nitrogen and oxygen atoms in total. The molecule has 2 aromatic heterocycles. The van der Waals surface area contributed by atoms with Crippen LogP contribution in [-0.2, 0) is 0 Å². The van der Waals surface area contributed by atoms with Crippen molar-refractivity contribution in [3.05, 3.63) is 58.5 Å².